The van der Waals surface area contributed by atoms with Crippen molar-refractivity contribution in [2.75, 3.05) is 11.9 Å². The van der Waals surface area contributed by atoms with Gasteiger partial charge < -0.3 is 5.32 Å². The maximum atomic E-state index is 12.4. The zero-order chi connectivity index (χ0) is 13.3. The van der Waals surface area contributed by atoms with Gasteiger partial charge in [0.05, 0.1) is 10.6 Å². The van der Waals surface area contributed by atoms with E-state index in [-0.39, 0.29) is 16.2 Å². The molecule has 18 heavy (non-hydrogen) atoms. The first-order valence-electron chi connectivity index (χ1n) is 5.47. The van der Waals surface area contributed by atoms with Crippen LogP contribution in [0.4, 0.5) is 19.0 Å². The summed E-state index contributed by atoms with van der Waals surface area (Å²) in [5.41, 5.74) is -0.845. The van der Waals surface area contributed by atoms with Crippen LogP contribution < -0.4 is 5.32 Å². The van der Waals surface area contributed by atoms with E-state index in [1.54, 1.807) is 0 Å². The van der Waals surface area contributed by atoms with Gasteiger partial charge in [-0.05, 0) is 24.8 Å². The molecule has 0 aliphatic heterocycles. The third-order valence-electron chi connectivity index (χ3n) is 2.90. The Morgan fingerprint density at radius 2 is 2.06 bits per heavy atom. The molecule has 2 rings (SSSR count). The minimum atomic E-state index is -4.42. The normalized spacial score (nSPS) is 23.6. The number of halogens is 5. The van der Waals surface area contributed by atoms with Crippen LogP contribution in [0.1, 0.15) is 18.4 Å². The average molecular weight is 299 g/mol. The first-order chi connectivity index (χ1) is 8.36. The molecular weight excluding hydrogens is 288 g/mol. The molecular formula is C11H11Cl2F3N2. The van der Waals surface area contributed by atoms with Crippen molar-refractivity contribution in [2.45, 2.75) is 24.4 Å². The Labute approximate surface area is 112 Å². The summed E-state index contributed by atoms with van der Waals surface area (Å²) >= 11 is 11.6. The molecule has 2 nitrogen and oxygen atoms in total. The van der Waals surface area contributed by atoms with Crippen molar-refractivity contribution < 1.29 is 13.2 Å². The summed E-state index contributed by atoms with van der Waals surface area (Å²) in [4.78, 5) is 3.70. The van der Waals surface area contributed by atoms with E-state index in [4.69, 9.17) is 23.2 Å². The van der Waals surface area contributed by atoms with Gasteiger partial charge in [0, 0.05) is 18.1 Å². The second kappa shape index (κ2) is 5.13. The number of alkyl halides is 4. The second-order valence-corrected chi connectivity index (χ2v) is 5.39. The average Bonchev–Trinajstić information content (AvgIpc) is 2.22. The molecule has 1 aliphatic rings. The molecule has 0 atom stereocenters. The van der Waals surface area contributed by atoms with Crippen LogP contribution in [0.2, 0.25) is 5.02 Å². The predicted molar refractivity (Wildman–Crippen MR) is 65.1 cm³/mol. The highest BCUT2D eigenvalue weighted by atomic mass is 35.5. The maximum absolute atomic E-state index is 12.4. The first-order valence-corrected chi connectivity index (χ1v) is 6.28. The van der Waals surface area contributed by atoms with Gasteiger partial charge in [0.15, 0.2) is 0 Å². The molecule has 1 N–H and O–H groups in total. The van der Waals surface area contributed by atoms with Gasteiger partial charge >= 0.3 is 6.18 Å². The smallest absolute Gasteiger partial charge is 0.369 e. The number of anilines is 1. The summed E-state index contributed by atoms with van der Waals surface area (Å²) in [5.74, 6) is 0.718. The van der Waals surface area contributed by atoms with E-state index in [1.807, 2.05) is 0 Å². The van der Waals surface area contributed by atoms with Crippen molar-refractivity contribution in [1.82, 2.24) is 4.98 Å². The topological polar surface area (TPSA) is 24.9 Å². The first kappa shape index (κ1) is 13.7. The number of aromatic nitrogens is 1. The van der Waals surface area contributed by atoms with Crippen molar-refractivity contribution in [3.05, 3.63) is 22.8 Å². The molecule has 0 bridgehead atoms. The number of hydrogen-bond acceptors (Lipinski definition) is 2. The monoisotopic (exact) mass is 298 g/mol. The van der Waals surface area contributed by atoms with Gasteiger partial charge in [-0.1, -0.05) is 11.6 Å². The molecule has 0 spiro atoms. The summed E-state index contributed by atoms with van der Waals surface area (Å²) in [5, 5.41) is 3.14. The lowest BCUT2D eigenvalue weighted by molar-refractivity contribution is -0.137. The quantitative estimate of drug-likeness (QED) is 0.847. The van der Waals surface area contributed by atoms with Crippen LogP contribution in [0.3, 0.4) is 0 Å². The number of rotatable bonds is 3. The Bertz CT molecular complexity index is 431. The summed E-state index contributed by atoms with van der Waals surface area (Å²) in [6.45, 7) is 0.626. The molecule has 0 aromatic carbocycles. The van der Waals surface area contributed by atoms with Crippen LogP contribution >= 0.6 is 23.2 Å². The van der Waals surface area contributed by atoms with Gasteiger partial charge in [0.1, 0.15) is 5.82 Å². The molecule has 1 aliphatic carbocycles. The van der Waals surface area contributed by atoms with Crippen LogP contribution in [-0.2, 0) is 6.18 Å². The highest BCUT2D eigenvalue weighted by molar-refractivity contribution is 6.32. The second-order valence-electron chi connectivity index (χ2n) is 4.37. The summed E-state index contributed by atoms with van der Waals surface area (Å²) in [6.07, 6.45) is -1.83. The lowest BCUT2D eigenvalue weighted by atomic mass is 9.85. The zero-order valence-corrected chi connectivity index (χ0v) is 10.8. The van der Waals surface area contributed by atoms with E-state index in [0.717, 1.165) is 25.1 Å². The van der Waals surface area contributed by atoms with Crippen LogP contribution in [0.5, 0.6) is 0 Å². The van der Waals surface area contributed by atoms with Crippen molar-refractivity contribution in [2.24, 2.45) is 5.92 Å². The third kappa shape index (κ3) is 3.20. The van der Waals surface area contributed by atoms with E-state index in [0.29, 0.717) is 12.5 Å². The lowest BCUT2D eigenvalue weighted by Gasteiger charge is -2.31. The van der Waals surface area contributed by atoms with Crippen molar-refractivity contribution in [1.29, 1.82) is 0 Å². The van der Waals surface area contributed by atoms with Crippen LogP contribution in [-0.4, -0.2) is 16.9 Å². The van der Waals surface area contributed by atoms with Crippen LogP contribution in [0, 0.1) is 5.92 Å². The van der Waals surface area contributed by atoms with Gasteiger partial charge in [-0.25, -0.2) is 4.98 Å². The highest BCUT2D eigenvalue weighted by Crippen LogP contribution is 2.34. The molecule has 1 fully saturated rings. The molecule has 0 radical (unpaired) electrons. The maximum Gasteiger partial charge on any atom is 0.417 e. The fourth-order valence-electron chi connectivity index (χ4n) is 1.79. The van der Waals surface area contributed by atoms with E-state index >= 15 is 0 Å². The van der Waals surface area contributed by atoms with Crippen molar-refractivity contribution in [3.63, 3.8) is 0 Å². The predicted octanol–water partition coefficient (Wildman–Crippen LogP) is 4.18. The minimum Gasteiger partial charge on any atom is -0.369 e. The highest BCUT2D eigenvalue weighted by Gasteiger charge is 2.32. The van der Waals surface area contributed by atoms with Gasteiger partial charge in [0.25, 0.3) is 0 Å². The lowest BCUT2D eigenvalue weighted by Crippen LogP contribution is -2.30. The fourth-order valence-corrected chi connectivity index (χ4v) is 2.52. The molecule has 1 heterocycles. The van der Waals surface area contributed by atoms with Crippen molar-refractivity contribution >= 4 is 29.0 Å². The SMILES string of the molecule is FC(F)(F)c1cnc(NCC2CC(Cl)C2)c(Cl)c1. The Morgan fingerprint density at radius 1 is 1.39 bits per heavy atom. The largest absolute Gasteiger partial charge is 0.417 e. The number of nitrogens with zero attached hydrogens (tertiary/aromatic N) is 1. The van der Waals surface area contributed by atoms with Crippen LogP contribution in [0.25, 0.3) is 0 Å². The standard InChI is InChI=1S/C11H11Cl2F3N2/c12-8-1-6(2-8)4-17-10-9(13)3-7(5-18-10)11(14,15)16/h3,5-6,8H,1-2,4H2,(H,17,18). The number of nitrogens with one attached hydrogen (secondary N) is 1. The molecule has 0 unspecified atom stereocenters. The minimum absolute atomic E-state index is 0.0217. The van der Waals surface area contributed by atoms with Crippen LogP contribution in [0.15, 0.2) is 12.3 Å². The Kier molecular flexibility index (Phi) is 3.92. The third-order valence-corrected chi connectivity index (χ3v) is 3.55. The Hall–Kier alpha value is -0.680. The van der Waals surface area contributed by atoms with Gasteiger partial charge in [0.2, 0.25) is 0 Å². The molecule has 100 valence electrons. The Morgan fingerprint density at radius 3 is 2.56 bits per heavy atom. The van der Waals surface area contributed by atoms with E-state index in [1.165, 1.54) is 0 Å². The van der Waals surface area contributed by atoms with E-state index in [9.17, 15) is 13.2 Å². The number of pyridine rings is 1. The Balaban J connectivity index is 1.97. The van der Waals surface area contributed by atoms with Gasteiger partial charge in [-0.2, -0.15) is 13.2 Å². The van der Waals surface area contributed by atoms with Crippen molar-refractivity contribution in [3.8, 4) is 0 Å². The molecule has 1 aromatic heterocycles. The fraction of sp³-hybridized carbons (Fsp3) is 0.545. The van der Waals surface area contributed by atoms with Gasteiger partial charge in [-0.3, -0.25) is 0 Å². The van der Waals surface area contributed by atoms with Gasteiger partial charge in [-0.15, -0.1) is 11.6 Å². The molecule has 7 heteroatoms. The summed E-state index contributed by atoms with van der Waals surface area (Å²) < 4.78 is 37.2. The van der Waals surface area contributed by atoms with E-state index in [2.05, 4.69) is 10.3 Å². The zero-order valence-electron chi connectivity index (χ0n) is 9.27. The summed E-state index contributed by atoms with van der Waals surface area (Å²) in [7, 11) is 0. The van der Waals surface area contributed by atoms with E-state index < -0.39 is 11.7 Å². The molecule has 0 saturated heterocycles. The molecule has 0 amide bonds. The number of hydrogen-bond donors (Lipinski definition) is 1. The molecule has 1 saturated carbocycles. The summed E-state index contributed by atoms with van der Waals surface area (Å²) in [6, 6.07) is 0.877. The molecule has 1 aromatic rings.